The number of hydrogen-bond acceptors (Lipinski definition) is 7. The molecule has 138 valence electrons. The summed E-state index contributed by atoms with van der Waals surface area (Å²) in [4.78, 5) is 46.0. The lowest BCUT2D eigenvalue weighted by Gasteiger charge is -2.31. The Morgan fingerprint density at radius 2 is 1.88 bits per heavy atom. The standard InChI is InChI=1S/C17H16ClNO7/c1-9(19(23)24)13-11-7-5-4-6-10(11)8-12(15(21)25-2)14(20)17(13,18)16(22)26-3/h4-9,13H,1-3H3/t9-,13+,17-/m0/s1. The highest BCUT2D eigenvalue weighted by atomic mass is 35.5. The van der Waals surface area contributed by atoms with E-state index >= 15 is 0 Å². The van der Waals surface area contributed by atoms with Gasteiger partial charge in [-0.3, -0.25) is 14.9 Å². The zero-order valence-corrected chi connectivity index (χ0v) is 15.0. The van der Waals surface area contributed by atoms with Crippen LogP contribution >= 0.6 is 11.6 Å². The fourth-order valence-electron chi connectivity index (χ4n) is 3.04. The molecule has 2 rings (SSSR count). The molecule has 1 aromatic carbocycles. The molecule has 0 saturated carbocycles. The number of ether oxygens (including phenoxy) is 2. The van der Waals surface area contributed by atoms with Crippen molar-refractivity contribution in [3.05, 3.63) is 51.1 Å². The highest BCUT2D eigenvalue weighted by Crippen LogP contribution is 2.45. The van der Waals surface area contributed by atoms with Crippen LogP contribution in [0.15, 0.2) is 29.8 Å². The number of carbonyl (C=O) groups is 3. The Morgan fingerprint density at radius 3 is 2.42 bits per heavy atom. The van der Waals surface area contributed by atoms with E-state index < -0.39 is 45.1 Å². The van der Waals surface area contributed by atoms with E-state index in [-0.39, 0.29) is 5.56 Å². The number of nitro groups is 1. The Kier molecular flexibility index (Phi) is 5.46. The Hall–Kier alpha value is -2.74. The summed E-state index contributed by atoms with van der Waals surface area (Å²) in [5.41, 5.74) is 0.147. The molecule has 0 aliphatic heterocycles. The van der Waals surface area contributed by atoms with Crippen molar-refractivity contribution in [2.45, 2.75) is 23.8 Å². The summed E-state index contributed by atoms with van der Waals surface area (Å²) in [5.74, 6) is -4.66. The zero-order valence-electron chi connectivity index (χ0n) is 14.2. The molecule has 0 amide bonds. The second-order valence-corrected chi connectivity index (χ2v) is 6.31. The minimum absolute atomic E-state index is 0.282. The first-order chi connectivity index (χ1) is 12.2. The first kappa shape index (κ1) is 19.6. The van der Waals surface area contributed by atoms with Gasteiger partial charge in [-0.1, -0.05) is 35.9 Å². The molecule has 0 spiro atoms. The molecule has 0 heterocycles. The average Bonchev–Trinajstić information content (AvgIpc) is 2.73. The molecule has 0 aromatic heterocycles. The third-order valence-corrected chi connectivity index (χ3v) is 4.90. The van der Waals surface area contributed by atoms with Gasteiger partial charge in [0.15, 0.2) is 0 Å². The zero-order chi connectivity index (χ0) is 19.6. The maximum atomic E-state index is 13.0. The molecule has 0 radical (unpaired) electrons. The molecular formula is C17H16ClNO7. The van der Waals surface area contributed by atoms with Crippen LogP contribution in [0.2, 0.25) is 0 Å². The highest BCUT2D eigenvalue weighted by Gasteiger charge is 2.60. The third-order valence-electron chi connectivity index (χ3n) is 4.34. The number of halogens is 1. The van der Waals surface area contributed by atoms with Gasteiger partial charge in [0.2, 0.25) is 16.7 Å². The van der Waals surface area contributed by atoms with Crippen LogP contribution in [0.3, 0.4) is 0 Å². The molecule has 1 aromatic rings. The minimum Gasteiger partial charge on any atom is -0.467 e. The quantitative estimate of drug-likeness (QED) is 0.195. The van der Waals surface area contributed by atoms with Crippen molar-refractivity contribution in [1.29, 1.82) is 0 Å². The number of benzene rings is 1. The number of esters is 2. The third kappa shape index (κ3) is 2.96. The molecular weight excluding hydrogens is 366 g/mol. The Labute approximate surface area is 153 Å². The fraction of sp³-hybridized carbons (Fsp3) is 0.353. The van der Waals surface area contributed by atoms with Crippen molar-refractivity contribution < 1.29 is 28.8 Å². The molecule has 1 aliphatic rings. The van der Waals surface area contributed by atoms with Gasteiger partial charge in [-0.2, -0.15) is 0 Å². The van der Waals surface area contributed by atoms with Crippen LogP contribution in [-0.4, -0.2) is 47.8 Å². The van der Waals surface area contributed by atoms with Crippen LogP contribution in [0.25, 0.3) is 6.08 Å². The van der Waals surface area contributed by atoms with Crippen LogP contribution in [0.1, 0.15) is 24.0 Å². The van der Waals surface area contributed by atoms with E-state index in [9.17, 15) is 24.5 Å². The Morgan fingerprint density at radius 1 is 1.27 bits per heavy atom. The number of alkyl halides is 1. The van der Waals surface area contributed by atoms with Crippen molar-refractivity contribution in [3.8, 4) is 0 Å². The normalized spacial score (nSPS) is 23.2. The number of methoxy groups -OCH3 is 2. The predicted molar refractivity (Wildman–Crippen MR) is 91.2 cm³/mol. The number of carbonyl (C=O) groups excluding carboxylic acids is 3. The lowest BCUT2D eigenvalue weighted by atomic mass is 9.77. The number of ketones is 1. The summed E-state index contributed by atoms with van der Waals surface area (Å²) in [7, 11) is 2.07. The molecule has 0 saturated heterocycles. The number of nitrogens with zero attached hydrogens (tertiary/aromatic N) is 1. The van der Waals surface area contributed by atoms with Crippen LogP contribution in [0.5, 0.6) is 0 Å². The van der Waals surface area contributed by atoms with Crippen molar-refractivity contribution in [3.63, 3.8) is 0 Å². The lowest BCUT2D eigenvalue weighted by Crippen LogP contribution is -2.52. The summed E-state index contributed by atoms with van der Waals surface area (Å²) >= 11 is 6.43. The van der Waals surface area contributed by atoms with Gasteiger partial charge in [-0.05, 0) is 17.2 Å². The van der Waals surface area contributed by atoms with Gasteiger partial charge in [0.1, 0.15) is 5.57 Å². The predicted octanol–water partition coefficient (Wildman–Crippen LogP) is 1.73. The van der Waals surface area contributed by atoms with Crippen LogP contribution in [0.4, 0.5) is 0 Å². The van der Waals surface area contributed by atoms with Gasteiger partial charge < -0.3 is 9.47 Å². The maximum Gasteiger partial charge on any atom is 0.341 e. The monoisotopic (exact) mass is 381 g/mol. The molecule has 8 nitrogen and oxygen atoms in total. The van der Waals surface area contributed by atoms with E-state index in [4.69, 9.17) is 11.6 Å². The lowest BCUT2D eigenvalue weighted by molar-refractivity contribution is -0.522. The van der Waals surface area contributed by atoms with Gasteiger partial charge >= 0.3 is 11.9 Å². The van der Waals surface area contributed by atoms with Gasteiger partial charge in [-0.25, -0.2) is 9.59 Å². The molecule has 26 heavy (non-hydrogen) atoms. The Bertz CT molecular complexity index is 819. The smallest absolute Gasteiger partial charge is 0.341 e. The van der Waals surface area contributed by atoms with E-state index in [1.807, 2.05) is 0 Å². The summed E-state index contributed by atoms with van der Waals surface area (Å²) in [5, 5.41) is 11.5. The van der Waals surface area contributed by atoms with Crippen LogP contribution in [0, 0.1) is 10.1 Å². The van der Waals surface area contributed by atoms with Crippen molar-refractivity contribution in [1.82, 2.24) is 0 Å². The summed E-state index contributed by atoms with van der Waals surface area (Å²) in [6, 6.07) is 4.88. The topological polar surface area (TPSA) is 113 Å². The highest BCUT2D eigenvalue weighted by molar-refractivity contribution is 6.51. The second kappa shape index (κ2) is 7.25. The van der Waals surface area contributed by atoms with E-state index in [1.165, 1.54) is 19.1 Å². The van der Waals surface area contributed by atoms with Crippen molar-refractivity contribution in [2.24, 2.45) is 0 Å². The average molecular weight is 382 g/mol. The summed E-state index contributed by atoms with van der Waals surface area (Å²) in [6.07, 6.45) is 1.22. The largest absolute Gasteiger partial charge is 0.467 e. The molecule has 0 unspecified atom stereocenters. The van der Waals surface area contributed by atoms with Gasteiger partial charge in [0.05, 0.1) is 20.1 Å². The molecule has 0 fully saturated rings. The molecule has 1 aliphatic carbocycles. The van der Waals surface area contributed by atoms with Crippen LogP contribution < -0.4 is 0 Å². The summed E-state index contributed by atoms with van der Waals surface area (Å²) in [6.45, 7) is 1.23. The number of fused-ring (bicyclic) bond motifs is 1. The molecule has 0 bridgehead atoms. The van der Waals surface area contributed by atoms with Crippen molar-refractivity contribution in [2.75, 3.05) is 14.2 Å². The molecule has 0 N–H and O–H groups in total. The minimum atomic E-state index is -2.49. The van der Waals surface area contributed by atoms with Gasteiger partial charge in [-0.15, -0.1) is 0 Å². The van der Waals surface area contributed by atoms with E-state index in [0.29, 0.717) is 5.56 Å². The van der Waals surface area contributed by atoms with E-state index in [2.05, 4.69) is 9.47 Å². The number of hydrogen-bond donors (Lipinski definition) is 0. The van der Waals surface area contributed by atoms with Crippen LogP contribution in [-0.2, 0) is 23.9 Å². The maximum absolute atomic E-state index is 13.0. The number of rotatable bonds is 4. The van der Waals surface area contributed by atoms with Gasteiger partial charge in [0.25, 0.3) is 0 Å². The first-order valence-corrected chi connectivity index (χ1v) is 7.92. The molecule has 3 atom stereocenters. The number of Topliss-reactive ketones (excluding diaryl/α,β-unsaturated/α-hetero) is 1. The van der Waals surface area contributed by atoms with Gasteiger partial charge in [0, 0.05) is 11.8 Å². The Balaban J connectivity index is 2.88. The van der Waals surface area contributed by atoms with Crippen molar-refractivity contribution >= 4 is 35.4 Å². The molecule has 9 heteroatoms. The summed E-state index contributed by atoms with van der Waals surface area (Å²) < 4.78 is 9.27. The SMILES string of the molecule is COC(=O)C1=Cc2ccccc2[C@@H]([C@H](C)[N+](=O)[O-])[C@@](Cl)(C(=O)OC)C1=O. The van der Waals surface area contributed by atoms with E-state index in [1.54, 1.807) is 18.2 Å². The fourth-order valence-corrected chi connectivity index (χ4v) is 3.52. The second-order valence-electron chi connectivity index (χ2n) is 5.71. The first-order valence-electron chi connectivity index (χ1n) is 7.54. The van der Waals surface area contributed by atoms with E-state index in [0.717, 1.165) is 14.2 Å².